The highest BCUT2D eigenvalue weighted by atomic mass is 35.5. The van der Waals surface area contributed by atoms with E-state index in [-0.39, 0.29) is 9.52 Å². The Morgan fingerprint density at radius 3 is 2.50 bits per heavy atom. The summed E-state index contributed by atoms with van der Waals surface area (Å²) in [7, 11) is 1.12. The first-order valence-corrected chi connectivity index (χ1v) is 10.4. The van der Waals surface area contributed by atoms with E-state index in [9.17, 15) is 0 Å². The van der Waals surface area contributed by atoms with Crippen molar-refractivity contribution >= 4 is 40.2 Å². The fourth-order valence-corrected chi connectivity index (χ4v) is 11.2. The molecule has 0 aliphatic rings. The van der Waals surface area contributed by atoms with E-state index < -0.39 is 0 Å². The summed E-state index contributed by atoms with van der Waals surface area (Å²) in [5.41, 5.74) is 4.34. The van der Waals surface area contributed by atoms with Crippen LogP contribution in [0.5, 0.6) is 0 Å². The number of halogens is 1. The van der Waals surface area contributed by atoms with Crippen molar-refractivity contribution in [2.24, 2.45) is 0 Å². The molecule has 0 heterocycles. The Hall–Kier alpha value is 0.941. The molecule has 4 heteroatoms. The van der Waals surface area contributed by atoms with Crippen LogP contribution in [0.4, 0.5) is 0 Å². The number of alkyl halides is 1. The first kappa shape index (κ1) is 8.94. The largest absolute Gasteiger partial charge is 0.131 e. The van der Waals surface area contributed by atoms with Crippen LogP contribution in [0.3, 0.4) is 0 Å². The third kappa shape index (κ3) is 6.94. The molecule has 0 aliphatic carbocycles. The van der Waals surface area contributed by atoms with E-state index >= 15 is 0 Å². The SMILES string of the molecule is C[SiH2]C[SiH2]C[SiH2]CCl. The molecule has 0 fully saturated rings. The van der Waals surface area contributed by atoms with E-state index in [1.165, 1.54) is 0 Å². The van der Waals surface area contributed by atoms with E-state index in [4.69, 9.17) is 11.6 Å². The molecular formula is C4H15ClSi3. The molecular weight excluding hydrogens is 168 g/mol. The maximum Gasteiger partial charge on any atom is 0.0347 e. The Bertz CT molecular complexity index is 36.3. The summed E-state index contributed by atoms with van der Waals surface area (Å²) in [4.78, 5) is 0. The van der Waals surface area contributed by atoms with Crippen LogP contribution >= 0.6 is 11.6 Å². The summed E-state index contributed by atoms with van der Waals surface area (Å²) in [6.45, 7) is 2.41. The average Bonchev–Trinajstić information content (AvgIpc) is 1.81. The summed E-state index contributed by atoms with van der Waals surface area (Å²) < 4.78 is 0. The van der Waals surface area contributed by atoms with Gasteiger partial charge in [-0.1, -0.05) is 17.9 Å². The highest BCUT2D eigenvalue weighted by Gasteiger charge is 1.86. The third-order valence-electron chi connectivity index (χ3n) is 1.24. The zero-order chi connectivity index (χ0) is 6.24. The quantitative estimate of drug-likeness (QED) is 0.306. The second-order valence-corrected chi connectivity index (χ2v) is 11.7. The van der Waals surface area contributed by atoms with Crippen molar-refractivity contribution in [3.05, 3.63) is 0 Å². The Labute approximate surface area is 63.9 Å². The maximum atomic E-state index is 5.58. The fraction of sp³-hybridized carbons (Fsp3) is 1.00. The van der Waals surface area contributed by atoms with Crippen molar-refractivity contribution in [2.75, 3.05) is 5.50 Å². The first-order valence-electron chi connectivity index (χ1n) is 3.47. The van der Waals surface area contributed by atoms with Crippen LogP contribution in [-0.4, -0.2) is 34.1 Å². The van der Waals surface area contributed by atoms with E-state index in [2.05, 4.69) is 6.55 Å². The molecule has 0 aliphatic heterocycles. The molecule has 0 radical (unpaired) electrons. The molecule has 0 unspecified atom stereocenters. The lowest BCUT2D eigenvalue weighted by Crippen LogP contribution is -2.00. The minimum atomic E-state index is 0.251. The lowest BCUT2D eigenvalue weighted by molar-refractivity contribution is 1.81. The molecule has 0 nitrogen and oxygen atoms in total. The zero-order valence-electron chi connectivity index (χ0n) is 5.62. The minimum Gasteiger partial charge on any atom is -0.131 e. The smallest absolute Gasteiger partial charge is 0.0347 e. The minimum absolute atomic E-state index is 0.251. The lowest BCUT2D eigenvalue weighted by atomic mass is 11.8. The molecule has 0 N–H and O–H groups in total. The van der Waals surface area contributed by atoms with E-state index in [1.54, 1.807) is 11.3 Å². The van der Waals surface area contributed by atoms with Gasteiger partial charge in [-0.2, -0.15) is 0 Å². The van der Waals surface area contributed by atoms with Gasteiger partial charge in [0.05, 0.1) is 0 Å². The van der Waals surface area contributed by atoms with Gasteiger partial charge in [-0.15, -0.1) is 11.6 Å². The maximum absolute atomic E-state index is 5.58. The van der Waals surface area contributed by atoms with Crippen molar-refractivity contribution in [3.8, 4) is 0 Å². The topological polar surface area (TPSA) is 0 Å². The van der Waals surface area contributed by atoms with Crippen LogP contribution in [0.1, 0.15) is 0 Å². The number of hydrogen-bond acceptors (Lipinski definition) is 0. The molecule has 8 heavy (non-hydrogen) atoms. The van der Waals surface area contributed by atoms with Gasteiger partial charge < -0.3 is 0 Å². The van der Waals surface area contributed by atoms with Gasteiger partial charge in [0.25, 0.3) is 0 Å². The van der Waals surface area contributed by atoms with Crippen LogP contribution in [0.2, 0.25) is 17.9 Å². The van der Waals surface area contributed by atoms with Gasteiger partial charge in [0.1, 0.15) is 0 Å². The van der Waals surface area contributed by atoms with Crippen molar-refractivity contribution < 1.29 is 0 Å². The molecule has 0 atom stereocenters. The molecule has 0 aromatic carbocycles. The highest BCUT2D eigenvalue weighted by molar-refractivity contribution is 6.66. The van der Waals surface area contributed by atoms with Gasteiger partial charge in [-0.3, -0.25) is 0 Å². The number of hydrogen-bond donors (Lipinski definition) is 0. The second-order valence-electron chi connectivity index (χ2n) is 2.10. The van der Waals surface area contributed by atoms with Crippen molar-refractivity contribution in [1.82, 2.24) is 0 Å². The van der Waals surface area contributed by atoms with E-state index in [0.717, 1.165) is 5.50 Å². The van der Waals surface area contributed by atoms with Crippen LogP contribution in [0.15, 0.2) is 0 Å². The normalized spacial score (nSPS) is 14.2. The van der Waals surface area contributed by atoms with Gasteiger partial charge in [0, 0.05) is 34.1 Å². The number of rotatable bonds is 5. The Kier molecular flexibility index (Phi) is 8.87. The highest BCUT2D eigenvalue weighted by Crippen LogP contribution is 1.83. The lowest BCUT2D eigenvalue weighted by Gasteiger charge is -1.90. The van der Waals surface area contributed by atoms with Gasteiger partial charge >= 0.3 is 0 Å². The van der Waals surface area contributed by atoms with Crippen molar-refractivity contribution in [3.63, 3.8) is 0 Å². The molecule has 0 aromatic rings. The Morgan fingerprint density at radius 1 is 1.25 bits per heavy atom. The van der Waals surface area contributed by atoms with Crippen molar-refractivity contribution in [2.45, 2.75) is 17.9 Å². The van der Waals surface area contributed by atoms with Crippen LogP contribution < -0.4 is 0 Å². The molecule has 0 amide bonds. The van der Waals surface area contributed by atoms with Crippen LogP contribution in [0.25, 0.3) is 0 Å². The molecule has 50 valence electrons. The van der Waals surface area contributed by atoms with Crippen LogP contribution in [-0.2, 0) is 0 Å². The standard InChI is InChI=1S/C4H15ClSi3/c1-6-3-8-4-7-2-5/h2-4,6-8H2,1H3. The predicted molar refractivity (Wildman–Crippen MR) is 51.8 cm³/mol. The average molecular weight is 183 g/mol. The molecule has 0 saturated carbocycles. The summed E-state index contributed by atoms with van der Waals surface area (Å²) in [6, 6.07) is 0. The molecule has 0 aromatic heterocycles. The van der Waals surface area contributed by atoms with Gasteiger partial charge in [-0.25, -0.2) is 0 Å². The summed E-state index contributed by atoms with van der Waals surface area (Å²) >= 11 is 5.58. The molecule has 0 bridgehead atoms. The van der Waals surface area contributed by atoms with Gasteiger partial charge in [0.15, 0.2) is 0 Å². The monoisotopic (exact) mass is 182 g/mol. The second kappa shape index (κ2) is 7.94. The van der Waals surface area contributed by atoms with Gasteiger partial charge in [0.2, 0.25) is 0 Å². The third-order valence-corrected chi connectivity index (χ3v) is 11.1. The summed E-state index contributed by atoms with van der Waals surface area (Å²) in [5, 5.41) is 0. The molecule has 0 spiro atoms. The summed E-state index contributed by atoms with van der Waals surface area (Å²) in [6.07, 6.45) is 0. The fourth-order valence-electron chi connectivity index (χ4n) is 0.698. The van der Waals surface area contributed by atoms with Crippen LogP contribution in [0, 0.1) is 0 Å². The zero-order valence-corrected chi connectivity index (χ0v) is 10.6. The van der Waals surface area contributed by atoms with Crippen molar-refractivity contribution in [1.29, 1.82) is 0 Å². The first-order chi connectivity index (χ1) is 3.91. The Morgan fingerprint density at radius 2 is 2.00 bits per heavy atom. The van der Waals surface area contributed by atoms with Gasteiger partial charge in [-0.05, 0) is 0 Å². The van der Waals surface area contributed by atoms with E-state index in [1.807, 2.05) is 0 Å². The predicted octanol–water partition coefficient (Wildman–Crippen LogP) is -0.511. The summed E-state index contributed by atoms with van der Waals surface area (Å²) in [5.74, 6) is 0. The Balaban J connectivity index is 2.53. The molecule has 0 saturated heterocycles. The van der Waals surface area contributed by atoms with E-state index in [0.29, 0.717) is 19.0 Å². The molecule has 0 rings (SSSR count).